The maximum atomic E-state index is 12.9. The molecule has 14 heteroatoms. The Labute approximate surface area is 196 Å². The van der Waals surface area contributed by atoms with Crippen molar-refractivity contribution >= 4 is 29.6 Å². The summed E-state index contributed by atoms with van der Waals surface area (Å²) < 4.78 is 0. The van der Waals surface area contributed by atoms with Crippen LogP contribution < -0.4 is 27.4 Å². The molecule has 5 atom stereocenters. The topological polar surface area (TPSA) is 243 Å². The van der Waals surface area contributed by atoms with Crippen molar-refractivity contribution in [2.75, 3.05) is 0 Å². The number of carboxylic acid groups (broad SMARTS) is 1. The average Bonchev–Trinajstić information content (AvgIpc) is 3.22. The van der Waals surface area contributed by atoms with Gasteiger partial charge in [0.1, 0.15) is 18.1 Å². The van der Waals surface area contributed by atoms with Crippen molar-refractivity contribution in [3.05, 3.63) is 18.2 Å². The molecule has 1 aromatic rings. The molecule has 10 N–H and O–H groups in total. The van der Waals surface area contributed by atoms with E-state index in [-0.39, 0.29) is 18.8 Å². The SMILES string of the molecule is CC(C)CC(NC(=O)C(N)Cc1cnc[nH]1)C(=O)NC(C(=O)NC(CC(N)=O)C(=O)O)C(C)O. The van der Waals surface area contributed by atoms with Crippen LogP contribution in [-0.4, -0.2) is 80.1 Å². The second-order valence-electron chi connectivity index (χ2n) is 8.37. The zero-order chi connectivity index (χ0) is 26.0. The van der Waals surface area contributed by atoms with Crippen molar-refractivity contribution in [1.29, 1.82) is 0 Å². The van der Waals surface area contributed by atoms with Gasteiger partial charge in [-0.15, -0.1) is 0 Å². The Morgan fingerprint density at radius 1 is 1.03 bits per heavy atom. The summed E-state index contributed by atoms with van der Waals surface area (Å²) in [7, 11) is 0. The number of nitrogens with one attached hydrogen (secondary N) is 4. The number of carboxylic acids is 1. The van der Waals surface area contributed by atoms with Crippen molar-refractivity contribution in [3.8, 4) is 0 Å². The molecule has 34 heavy (non-hydrogen) atoms. The molecular weight excluding hydrogens is 450 g/mol. The molecule has 1 aromatic heterocycles. The minimum Gasteiger partial charge on any atom is -0.480 e. The van der Waals surface area contributed by atoms with Gasteiger partial charge in [0.25, 0.3) is 0 Å². The third kappa shape index (κ3) is 9.54. The Morgan fingerprint density at radius 3 is 2.12 bits per heavy atom. The molecule has 5 unspecified atom stereocenters. The van der Waals surface area contributed by atoms with Crippen molar-refractivity contribution < 1.29 is 34.2 Å². The molecule has 0 aliphatic carbocycles. The van der Waals surface area contributed by atoms with Crippen LogP contribution in [0.4, 0.5) is 0 Å². The number of nitrogens with two attached hydrogens (primary N) is 2. The van der Waals surface area contributed by atoms with Gasteiger partial charge < -0.3 is 42.6 Å². The van der Waals surface area contributed by atoms with Gasteiger partial charge in [-0.05, 0) is 19.3 Å². The molecule has 0 bridgehead atoms. The summed E-state index contributed by atoms with van der Waals surface area (Å²) in [6, 6.07) is -5.28. The number of hydrogen-bond acceptors (Lipinski definition) is 8. The quantitative estimate of drug-likeness (QED) is 0.135. The highest BCUT2D eigenvalue weighted by Crippen LogP contribution is 2.08. The highest BCUT2D eigenvalue weighted by atomic mass is 16.4. The van der Waals surface area contributed by atoms with Crippen LogP contribution in [0.5, 0.6) is 0 Å². The predicted octanol–water partition coefficient (Wildman–Crippen LogP) is -2.88. The number of primary amides is 1. The number of aliphatic hydroxyl groups excluding tert-OH is 1. The zero-order valence-electron chi connectivity index (χ0n) is 19.3. The predicted molar refractivity (Wildman–Crippen MR) is 119 cm³/mol. The molecule has 0 saturated heterocycles. The molecule has 14 nitrogen and oxygen atoms in total. The summed E-state index contributed by atoms with van der Waals surface area (Å²) >= 11 is 0. The first-order valence-electron chi connectivity index (χ1n) is 10.6. The highest BCUT2D eigenvalue weighted by molar-refractivity contribution is 5.95. The van der Waals surface area contributed by atoms with E-state index in [1.165, 1.54) is 19.4 Å². The molecule has 0 fully saturated rings. The second kappa shape index (κ2) is 13.3. The minimum atomic E-state index is -1.64. The summed E-state index contributed by atoms with van der Waals surface area (Å²) in [4.78, 5) is 67.0. The number of aromatic amines is 1. The van der Waals surface area contributed by atoms with Crippen LogP contribution in [0.3, 0.4) is 0 Å². The second-order valence-corrected chi connectivity index (χ2v) is 8.37. The fourth-order valence-electron chi connectivity index (χ4n) is 3.03. The highest BCUT2D eigenvalue weighted by Gasteiger charge is 2.33. The first kappa shape index (κ1) is 28.5. The Bertz CT molecular complexity index is 857. The lowest BCUT2D eigenvalue weighted by molar-refractivity contribution is -0.144. The van der Waals surface area contributed by atoms with E-state index in [1.807, 2.05) is 13.8 Å². The van der Waals surface area contributed by atoms with E-state index in [0.717, 1.165) is 0 Å². The number of aliphatic carboxylic acids is 1. The van der Waals surface area contributed by atoms with Crippen LogP contribution in [0.2, 0.25) is 0 Å². The molecule has 1 rings (SSSR count). The molecule has 0 spiro atoms. The van der Waals surface area contributed by atoms with Crippen molar-refractivity contribution in [1.82, 2.24) is 25.9 Å². The van der Waals surface area contributed by atoms with E-state index in [1.54, 1.807) is 0 Å². The number of H-pyrrole nitrogens is 1. The number of aromatic nitrogens is 2. The van der Waals surface area contributed by atoms with Gasteiger partial charge >= 0.3 is 5.97 Å². The minimum absolute atomic E-state index is 0.0364. The van der Waals surface area contributed by atoms with E-state index in [2.05, 4.69) is 25.9 Å². The average molecular weight is 484 g/mol. The van der Waals surface area contributed by atoms with Crippen LogP contribution in [0, 0.1) is 5.92 Å². The number of rotatable bonds is 14. The monoisotopic (exact) mass is 483 g/mol. The maximum absolute atomic E-state index is 12.9. The summed E-state index contributed by atoms with van der Waals surface area (Å²) in [6.45, 7) is 4.85. The van der Waals surface area contributed by atoms with Gasteiger partial charge in [-0.25, -0.2) is 9.78 Å². The van der Waals surface area contributed by atoms with Crippen molar-refractivity contribution in [2.45, 2.75) is 70.3 Å². The van der Waals surface area contributed by atoms with E-state index in [4.69, 9.17) is 16.6 Å². The van der Waals surface area contributed by atoms with E-state index in [9.17, 15) is 29.1 Å². The van der Waals surface area contributed by atoms with Gasteiger partial charge in [-0.2, -0.15) is 0 Å². The largest absolute Gasteiger partial charge is 0.480 e. The van der Waals surface area contributed by atoms with Crippen molar-refractivity contribution in [2.24, 2.45) is 17.4 Å². The van der Waals surface area contributed by atoms with Gasteiger partial charge in [0.15, 0.2) is 0 Å². The molecule has 0 aliphatic heterocycles. The summed E-state index contributed by atoms with van der Waals surface area (Å²) in [5.41, 5.74) is 11.5. The van der Waals surface area contributed by atoms with Crippen LogP contribution >= 0.6 is 0 Å². The van der Waals surface area contributed by atoms with Crippen LogP contribution in [-0.2, 0) is 30.4 Å². The summed E-state index contributed by atoms with van der Waals surface area (Å²) in [6.07, 6.45) is 1.19. The van der Waals surface area contributed by atoms with Crippen molar-refractivity contribution in [3.63, 3.8) is 0 Å². The third-order valence-electron chi connectivity index (χ3n) is 4.75. The molecular formula is C20H33N7O7. The number of nitrogens with zero attached hydrogens (tertiary/aromatic N) is 1. The van der Waals surface area contributed by atoms with E-state index < -0.39 is 66.3 Å². The molecule has 4 amide bonds. The molecule has 190 valence electrons. The van der Waals surface area contributed by atoms with Gasteiger partial charge in [0.2, 0.25) is 23.6 Å². The number of carbonyl (C=O) groups is 5. The molecule has 1 heterocycles. The standard InChI is InChI=1S/C20H33N7O7/c1-9(2)4-13(25-17(30)12(21)5-11-7-23-8-24-11)18(31)27-16(10(3)28)19(32)26-14(20(33)34)6-15(22)29/h7-10,12-14,16,28H,4-6,21H2,1-3H3,(H2,22,29)(H,23,24)(H,25,30)(H,26,32)(H,27,31)(H,33,34). The van der Waals surface area contributed by atoms with E-state index in [0.29, 0.717) is 5.69 Å². The fraction of sp³-hybridized carbons (Fsp3) is 0.600. The van der Waals surface area contributed by atoms with Crippen LogP contribution in [0.25, 0.3) is 0 Å². The van der Waals surface area contributed by atoms with Gasteiger partial charge in [-0.3, -0.25) is 19.2 Å². The van der Waals surface area contributed by atoms with Crippen LogP contribution in [0.1, 0.15) is 39.3 Å². The number of amides is 4. The van der Waals surface area contributed by atoms with Gasteiger partial charge in [0, 0.05) is 18.3 Å². The molecule has 0 aromatic carbocycles. The first-order valence-corrected chi connectivity index (χ1v) is 10.6. The maximum Gasteiger partial charge on any atom is 0.326 e. The third-order valence-corrected chi connectivity index (χ3v) is 4.75. The Kier molecular flexibility index (Phi) is 11.1. The normalized spacial score (nSPS) is 15.5. The molecule has 0 aliphatic rings. The summed E-state index contributed by atoms with van der Waals surface area (Å²) in [5.74, 6) is -4.94. The lowest BCUT2D eigenvalue weighted by atomic mass is 10.0. The smallest absolute Gasteiger partial charge is 0.326 e. The van der Waals surface area contributed by atoms with E-state index >= 15 is 0 Å². The first-order chi connectivity index (χ1) is 15.8. The number of imidazole rings is 1. The fourth-order valence-corrected chi connectivity index (χ4v) is 3.03. The molecule has 0 radical (unpaired) electrons. The van der Waals surface area contributed by atoms with Gasteiger partial charge in [-0.1, -0.05) is 13.8 Å². The number of carbonyl (C=O) groups excluding carboxylic acids is 4. The van der Waals surface area contributed by atoms with Crippen LogP contribution in [0.15, 0.2) is 12.5 Å². The Hall–Kier alpha value is -3.52. The molecule has 0 saturated carbocycles. The lowest BCUT2D eigenvalue weighted by Crippen LogP contribution is -2.60. The van der Waals surface area contributed by atoms with Gasteiger partial charge in [0.05, 0.1) is 24.9 Å². The number of aliphatic hydroxyl groups is 1. The Balaban J connectivity index is 2.91. The Morgan fingerprint density at radius 2 is 1.65 bits per heavy atom. The number of hydrogen-bond donors (Lipinski definition) is 8. The zero-order valence-corrected chi connectivity index (χ0v) is 19.3. The lowest BCUT2D eigenvalue weighted by Gasteiger charge is -2.27. The summed E-state index contributed by atoms with van der Waals surface area (Å²) in [5, 5.41) is 26.1.